The van der Waals surface area contributed by atoms with Crippen molar-refractivity contribution >= 4 is 22.6 Å². The molecule has 0 saturated carbocycles. The number of hydrogen-bond donors (Lipinski definition) is 2. The van der Waals surface area contributed by atoms with Gasteiger partial charge in [0.25, 0.3) is 5.91 Å². The molecule has 2 N–H and O–H groups in total. The molecule has 3 aromatic rings. The molecule has 6 heteroatoms. The zero-order valence-electron chi connectivity index (χ0n) is 16.3. The Bertz CT molecular complexity index is 941. The van der Waals surface area contributed by atoms with Gasteiger partial charge >= 0.3 is 0 Å². The van der Waals surface area contributed by atoms with Crippen molar-refractivity contribution in [3.05, 3.63) is 59.9 Å². The predicted octanol–water partition coefficient (Wildman–Crippen LogP) is 3.15. The number of aromatic amines is 1. The Balaban J connectivity index is 1.33. The van der Waals surface area contributed by atoms with Gasteiger partial charge in [0.05, 0.1) is 17.8 Å². The third-order valence-electron chi connectivity index (χ3n) is 5.11. The van der Waals surface area contributed by atoms with Crippen LogP contribution < -0.4 is 10.2 Å². The molecule has 1 aromatic carbocycles. The lowest BCUT2D eigenvalue weighted by molar-refractivity contribution is -0.00546. The van der Waals surface area contributed by atoms with E-state index >= 15 is 0 Å². The Labute approximate surface area is 164 Å². The summed E-state index contributed by atoms with van der Waals surface area (Å²) in [6.07, 6.45) is 4.81. The lowest BCUT2D eigenvalue weighted by atomic mass is 10.1. The van der Waals surface area contributed by atoms with E-state index in [2.05, 4.69) is 46.2 Å². The summed E-state index contributed by atoms with van der Waals surface area (Å²) in [6, 6.07) is 12.0. The molecule has 1 aliphatic rings. The van der Waals surface area contributed by atoms with Crippen LogP contribution in [0.5, 0.6) is 0 Å². The first kappa shape index (κ1) is 18.5. The summed E-state index contributed by atoms with van der Waals surface area (Å²) in [5, 5.41) is 4.19. The lowest BCUT2D eigenvalue weighted by Gasteiger charge is -2.36. The normalized spacial score (nSPS) is 19.7. The first-order valence-corrected chi connectivity index (χ1v) is 9.80. The number of amides is 1. The highest BCUT2D eigenvalue weighted by Gasteiger charge is 2.23. The van der Waals surface area contributed by atoms with Gasteiger partial charge in [-0.25, -0.2) is 4.98 Å². The van der Waals surface area contributed by atoms with Crippen LogP contribution >= 0.6 is 0 Å². The van der Waals surface area contributed by atoms with Crippen molar-refractivity contribution in [3.63, 3.8) is 0 Å². The smallest absolute Gasteiger partial charge is 0.252 e. The van der Waals surface area contributed by atoms with Crippen LogP contribution in [0.25, 0.3) is 10.9 Å². The van der Waals surface area contributed by atoms with Crippen LogP contribution in [-0.2, 0) is 11.2 Å². The van der Waals surface area contributed by atoms with Crippen molar-refractivity contribution in [2.45, 2.75) is 32.5 Å². The number of pyridine rings is 1. The largest absolute Gasteiger partial charge is 0.372 e. The quantitative estimate of drug-likeness (QED) is 0.716. The van der Waals surface area contributed by atoms with Crippen LogP contribution in [0.3, 0.4) is 0 Å². The van der Waals surface area contributed by atoms with Gasteiger partial charge in [0, 0.05) is 42.9 Å². The van der Waals surface area contributed by atoms with Crippen LogP contribution in [0.15, 0.2) is 48.8 Å². The number of anilines is 1. The maximum Gasteiger partial charge on any atom is 0.252 e. The Morgan fingerprint density at radius 3 is 2.75 bits per heavy atom. The Kier molecular flexibility index (Phi) is 5.30. The molecular weight excluding hydrogens is 352 g/mol. The van der Waals surface area contributed by atoms with Gasteiger partial charge in [-0.15, -0.1) is 0 Å². The molecule has 0 radical (unpaired) electrons. The summed E-state index contributed by atoms with van der Waals surface area (Å²) in [4.78, 5) is 22.4. The topological polar surface area (TPSA) is 70.2 Å². The van der Waals surface area contributed by atoms with Gasteiger partial charge in [0.2, 0.25) is 0 Å². The molecule has 1 fully saturated rings. The summed E-state index contributed by atoms with van der Waals surface area (Å²) in [7, 11) is 0. The number of nitrogens with zero attached hydrogens (tertiary/aromatic N) is 2. The number of ether oxygens (including phenoxy) is 1. The third kappa shape index (κ3) is 4.02. The number of H-pyrrole nitrogens is 1. The third-order valence-corrected chi connectivity index (χ3v) is 5.11. The van der Waals surface area contributed by atoms with E-state index in [1.807, 2.05) is 30.5 Å². The zero-order chi connectivity index (χ0) is 19.5. The minimum Gasteiger partial charge on any atom is -0.372 e. The Morgan fingerprint density at radius 2 is 2.00 bits per heavy atom. The van der Waals surface area contributed by atoms with Crippen LogP contribution in [-0.4, -0.2) is 47.7 Å². The summed E-state index contributed by atoms with van der Waals surface area (Å²) in [5.41, 5.74) is 2.91. The maximum atomic E-state index is 12.4. The molecule has 0 aliphatic carbocycles. The molecule has 1 saturated heterocycles. The van der Waals surface area contributed by atoms with E-state index in [4.69, 9.17) is 4.74 Å². The first-order valence-electron chi connectivity index (χ1n) is 9.80. The van der Waals surface area contributed by atoms with Crippen LogP contribution in [0.2, 0.25) is 0 Å². The van der Waals surface area contributed by atoms with Crippen LogP contribution in [0.4, 0.5) is 5.82 Å². The number of fused-ring (bicyclic) bond motifs is 1. The molecular formula is C22H26N4O2. The highest BCUT2D eigenvalue weighted by atomic mass is 16.5. The average Bonchev–Trinajstić information content (AvgIpc) is 3.10. The number of nitrogens with one attached hydrogen (secondary N) is 2. The van der Waals surface area contributed by atoms with Gasteiger partial charge in [-0.3, -0.25) is 4.79 Å². The minimum atomic E-state index is -0.0948. The van der Waals surface area contributed by atoms with Crippen molar-refractivity contribution in [2.24, 2.45) is 0 Å². The van der Waals surface area contributed by atoms with Gasteiger partial charge in [-0.1, -0.05) is 18.2 Å². The van der Waals surface area contributed by atoms with Gasteiger partial charge in [0.15, 0.2) is 0 Å². The number of carbonyl (C=O) groups excluding carboxylic acids is 1. The van der Waals surface area contributed by atoms with Gasteiger partial charge in [-0.2, -0.15) is 0 Å². The number of hydrogen-bond acceptors (Lipinski definition) is 4. The van der Waals surface area contributed by atoms with E-state index in [1.54, 1.807) is 6.20 Å². The summed E-state index contributed by atoms with van der Waals surface area (Å²) < 4.78 is 5.77. The fourth-order valence-electron chi connectivity index (χ4n) is 3.82. The fourth-order valence-corrected chi connectivity index (χ4v) is 3.82. The summed E-state index contributed by atoms with van der Waals surface area (Å²) in [5.74, 6) is 0.792. The average molecular weight is 378 g/mol. The highest BCUT2D eigenvalue weighted by Crippen LogP contribution is 2.19. The van der Waals surface area contributed by atoms with E-state index in [0.717, 1.165) is 30.8 Å². The lowest BCUT2D eigenvalue weighted by Crippen LogP contribution is -2.45. The van der Waals surface area contributed by atoms with Crippen LogP contribution in [0, 0.1) is 0 Å². The second-order valence-corrected chi connectivity index (χ2v) is 7.43. The van der Waals surface area contributed by atoms with E-state index in [0.29, 0.717) is 12.1 Å². The molecule has 0 bridgehead atoms. The molecule has 4 rings (SSSR count). The van der Waals surface area contributed by atoms with Gasteiger partial charge < -0.3 is 19.9 Å². The number of carbonyl (C=O) groups is 1. The molecule has 1 aliphatic heterocycles. The molecule has 146 valence electrons. The Morgan fingerprint density at radius 1 is 1.21 bits per heavy atom. The number of rotatable bonds is 5. The number of morpholine rings is 1. The molecule has 2 unspecified atom stereocenters. The van der Waals surface area contributed by atoms with E-state index < -0.39 is 0 Å². The zero-order valence-corrected chi connectivity index (χ0v) is 16.3. The number of benzene rings is 1. The SMILES string of the molecule is CC1CN(c2ccc(C(=O)NCCc3c[nH]c4ccccc34)cn2)CC(C)O1. The molecule has 28 heavy (non-hydrogen) atoms. The predicted molar refractivity (Wildman–Crippen MR) is 111 cm³/mol. The van der Waals surface area contributed by atoms with Crippen molar-refractivity contribution in [1.29, 1.82) is 0 Å². The van der Waals surface area contributed by atoms with E-state index in [-0.39, 0.29) is 18.1 Å². The number of aromatic nitrogens is 2. The molecule has 3 heterocycles. The van der Waals surface area contributed by atoms with Crippen molar-refractivity contribution in [1.82, 2.24) is 15.3 Å². The molecule has 2 atom stereocenters. The van der Waals surface area contributed by atoms with E-state index in [1.165, 1.54) is 10.9 Å². The maximum absolute atomic E-state index is 12.4. The number of para-hydroxylation sites is 1. The molecule has 2 aromatic heterocycles. The molecule has 1 amide bonds. The van der Waals surface area contributed by atoms with Gasteiger partial charge in [0.1, 0.15) is 5.82 Å². The highest BCUT2D eigenvalue weighted by molar-refractivity contribution is 5.94. The van der Waals surface area contributed by atoms with Crippen molar-refractivity contribution in [2.75, 3.05) is 24.5 Å². The van der Waals surface area contributed by atoms with Crippen molar-refractivity contribution in [3.8, 4) is 0 Å². The standard InChI is InChI=1S/C22H26N4O2/c1-15-13-26(14-16(2)28-15)21-8-7-18(12-25-21)22(27)23-10-9-17-11-24-20-6-4-3-5-19(17)20/h3-8,11-12,15-16,24H,9-10,13-14H2,1-2H3,(H,23,27). The molecule has 6 nitrogen and oxygen atoms in total. The first-order chi connectivity index (χ1) is 13.6. The minimum absolute atomic E-state index is 0.0948. The molecule has 0 spiro atoms. The summed E-state index contributed by atoms with van der Waals surface area (Å²) in [6.45, 7) is 6.35. The van der Waals surface area contributed by atoms with Gasteiger partial charge in [-0.05, 0) is 44.0 Å². The van der Waals surface area contributed by atoms with Crippen LogP contribution in [0.1, 0.15) is 29.8 Å². The van der Waals surface area contributed by atoms with Crippen molar-refractivity contribution < 1.29 is 9.53 Å². The summed E-state index contributed by atoms with van der Waals surface area (Å²) >= 11 is 0. The Hall–Kier alpha value is -2.86. The monoisotopic (exact) mass is 378 g/mol. The van der Waals surface area contributed by atoms with E-state index in [9.17, 15) is 4.79 Å². The second kappa shape index (κ2) is 8.02. The second-order valence-electron chi connectivity index (χ2n) is 7.43. The fraction of sp³-hybridized carbons (Fsp3) is 0.364.